The fourth-order valence-corrected chi connectivity index (χ4v) is 1.32. The SMILES string of the molecule is SCCCOc1cccc(Br)c1. The number of hydrogen-bond donors (Lipinski definition) is 1. The maximum Gasteiger partial charge on any atom is 0.120 e. The Labute approximate surface area is 86.7 Å². The topological polar surface area (TPSA) is 9.23 Å². The van der Waals surface area contributed by atoms with Crippen molar-refractivity contribution in [1.29, 1.82) is 0 Å². The molecule has 0 atom stereocenters. The van der Waals surface area contributed by atoms with E-state index in [1.807, 2.05) is 24.3 Å². The molecule has 0 N–H and O–H groups in total. The normalized spacial score (nSPS) is 9.83. The van der Waals surface area contributed by atoms with Gasteiger partial charge in [0.05, 0.1) is 6.61 Å². The largest absolute Gasteiger partial charge is 0.494 e. The van der Waals surface area contributed by atoms with Crippen LogP contribution in [-0.4, -0.2) is 12.4 Å². The molecule has 1 rings (SSSR count). The van der Waals surface area contributed by atoms with Crippen LogP contribution in [0.1, 0.15) is 6.42 Å². The molecule has 1 aromatic rings. The van der Waals surface area contributed by atoms with E-state index >= 15 is 0 Å². The first-order chi connectivity index (χ1) is 5.83. The molecule has 0 unspecified atom stereocenters. The van der Waals surface area contributed by atoms with Crippen molar-refractivity contribution in [2.24, 2.45) is 0 Å². The minimum atomic E-state index is 0.736. The van der Waals surface area contributed by atoms with Crippen LogP contribution < -0.4 is 4.74 Å². The standard InChI is InChI=1S/C9H11BrOS/c10-8-3-1-4-9(7-8)11-5-2-6-12/h1,3-4,7,12H,2,5-6H2. The maximum atomic E-state index is 5.45. The Kier molecular flexibility index (Phi) is 4.54. The third-order valence-electron chi connectivity index (χ3n) is 1.37. The Balaban J connectivity index is 2.41. The number of hydrogen-bond acceptors (Lipinski definition) is 2. The van der Waals surface area contributed by atoms with Crippen molar-refractivity contribution in [2.75, 3.05) is 12.4 Å². The first-order valence-corrected chi connectivity index (χ1v) is 5.24. The minimum absolute atomic E-state index is 0.736. The second-order valence-corrected chi connectivity index (χ2v) is 3.75. The van der Waals surface area contributed by atoms with Gasteiger partial charge in [-0.25, -0.2) is 0 Å². The summed E-state index contributed by atoms with van der Waals surface area (Å²) in [6.07, 6.45) is 0.982. The zero-order valence-corrected chi connectivity index (χ0v) is 9.14. The highest BCUT2D eigenvalue weighted by Gasteiger charge is 1.92. The Morgan fingerprint density at radius 2 is 2.25 bits per heavy atom. The highest BCUT2D eigenvalue weighted by Crippen LogP contribution is 2.17. The van der Waals surface area contributed by atoms with Gasteiger partial charge in [0.1, 0.15) is 5.75 Å². The Bertz CT molecular complexity index is 240. The molecule has 0 aromatic heterocycles. The van der Waals surface area contributed by atoms with Crippen LogP contribution in [0.2, 0.25) is 0 Å². The Hall–Kier alpha value is -0.150. The zero-order valence-electron chi connectivity index (χ0n) is 6.66. The highest BCUT2D eigenvalue weighted by molar-refractivity contribution is 9.10. The molecule has 1 aromatic carbocycles. The molecule has 0 saturated carbocycles. The second-order valence-electron chi connectivity index (χ2n) is 2.38. The molecule has 0 aliphatic rings. The van der Waals surface area contributed by atoms with E-state index in [0.29, 0.717) is 0 Å². The van der Waals surface area contributed by atoms with E-state index in [2.05, 4.69) is 28.6 Å². The van der Waals surface area contributed by atoms with Crippen LogP contribution in [0.3, 0.4) is 0 Å². The maximum absolute atomic E-state index is 5.45. The lowest BCUT2D eigenvalue weighted by Gasteiger charge is -2.04. The summed E-state index contributed by atoms with van der Waals surface area (Å²) in [5.41, 5.74) is 0. The molecule has 1 nitrogen and oxygen atoms in total. The molecule has 0 heterocycles. The molecule has 0 amide bonds. The lowest BCUT2D eigenvalue weighted by atomic mass is 10.3. The van der Waals surface area contributed by atoms with Crippen LogP contribution in [0.4, 0.5) is 0 Å². The van der Waals surface area contributed by atoms with Crippen molar-refractivity contribution >= 4 is 28.6 Å². The van der Waals surface area contributed by atoms with Crippen LogP contribution >= 0.6 is 28.6 Å². The smallest absolute Gasteiger partial charge is 0.120 e. The molecule has 0 aliphatic carbocycles. The van der Waals surface area contributed by atoms with Gasteiger partial charge in [-0.05, 0) is 30.4 Å². The summed E-state index contributed by atoms with van der Waals surface area (Å²) in [5.74, 6) is 1.78. The monoisotopic (exact) mass is 246 g/mol. The molecule has 3 heteroatoms. The molecule has 0 saturated heterocycles. The average Bonchev–Trinajstić information content (AvgIpc) is 2.05. The highest BCUT2D eigenvalue weighted by atomic mass is 79.9. The molecular weight excluding hydrogens is 236 g/mol. The van der Waals surface area contributed by atoms with Gasteiger partial charge in [-0.15, -0.1) is 0 Å². The van der Waals surface area contributed by atoms with Crippen LogP contribution in [0, 0.1) is 0 Å². The quantitative estimate of drug-likeness (QED) is 0.635. The number of ether oxygens (including phenoxy) is 1. The Morgan fingerprint density at radius 3 is 2.92 bits per heavy atom. The molecule has 0 spiro atoms. The lowest BCUT2D eigenvalue weighted by molar-refractivity contribution is 0.318. The van der Waals surface area contributed by atoms with Crippen molar-refractivity contribution in [1.82, 2.24) is 0 Å². The van der Waals surface area contributed by atoms with Gasteiger partial charge in [-0.2, -0.15) is 12.6 Å². The van der Waals surface area contributed by atoms with Gasteiger partial charge in [0.2, 0.25) is 0 Å². The van der Waals surface area contributed by atoms with Crippen LogP contribution in [0.15, 0.2) is 28.7 Å². The molecule has 66 valence electrons. The fraction of sp³-hybridized carbons (Fsp3) is 0.333. The summed E-state index contributed by atoms with van der Waals surface area (Å²) < 4.78 is 6.50. The minimum Gasteiger partial charge on any atom is -0.494 e. The van der Waals surface area contributed by atoms with Crippen molar-refractivity contribution in [2.45, 2.75) is 6.42 Å². The number of thiol groups is 1. The van der Waals surface area contributed by atoms with Gasteiger partial charge in [0.15, 0.2) is 0 Å². The van der Waals surface area contributed by atoms with Crippen LogP contribution in [-0.2, 0) is 0 Å². The van der Waals surface area contributed by atoms with Gasteiger partial charge in [0, 0.05) is 4.47 Å². The molecule has 12 heavy (non-hydrogen) atoms. The van der Waals surface area contributed by atoms with Gasteiger partial charge >= 0.3 is 0 Å². The zero-order chi connectivity index (χ0) is 8.81. The third-order valence-corrected chi connectivity index (χ3v) is 2.18. The first-order valence-electron chi connectivity index (χ1n) is 3.82. The second kappa shape index (κ2) is 5.49. The molecule has 0 radical (unpaired) electrons. The van der Waals surface area contributed by atoms with Gasteiger partial charge < -0.3 is 4.74 Å². The molecule has 0 bridgehead atoms. The molecule has 0 aliphatic heterocycles. The molecule has 0 fully saturated rings. The van der Waals surface area contributed by atoms with Crippen molar-refractivity contribution in [3.05, 3.63) is 28.7 Å². The number of benzene rings is 1. The van der Waals surface area contributed by atoms with Crippen molar-refractivity contribution in [3.8, 4) is 5.75 Å². The predicted molar refractivity (Wildman–Crippen MR) is 58.1 cm³/mol. The van der Waals surface area contributed by atoms with Crippen molar-refractivity contribution < 1.29 is 4.74 Å². The Morgan fingerprint density at radius 1 is 1.42 bits per heavy atom. The van der Waals surface area contributed by atoms with Gasteiger partial charge in [-0.1, -0.05) is 22.0 Å². The van der Waals surface area contributed by atoms with Crippen LogP contribution in [0.25, 0.3) is 0 Å². The summed E-state index contributed by atoms with van der Waals surface area (Å²) in [4.78, 5) is 0. The number of rotatable bonds is 4. The fourth-order valence-electron chi connectivity index (χ4n) is 0.811. The van der Waals surface area contributed by atoms with Crippen LogP contribution in [0.5, 0.6) is 5.75 Å². The summed E-state index contributed by atoms with van der Waals surface area (Å²) >= 11 is 7.47. The van der Waals surface area contributed by atoms with Gasteiger partial charge in [0.25, 0.3) is 0 Å². The summed E-state index contributed by atoms with van der Waals surface area (Å²) in [5, 5.41) is 0. The predicted octanol–water partition coefficient (Wildman–Crippen LogP) is 3.15. The summed E-state index contributed by atoms with van der Waals surface area (Å²) in [7, 11) is 0. The lowest BCUT2D eigenvalue weighted by Crippen LogP contribution is -1.97. The van der Waals surface area contributed by atoms with E-state index in [4.69, 9.17) is 4.74 Å². The molecular formula is C9H11BrOS. The van der Waals surface area contributed by atoms with E-state index < -0.39 is 0 Å². The number of halogens is 1. The van der Waals surface area contributed by atoms with E-state index in [1.165, 1.54) is 0 Å². The average molecular weight is 247 g/mol. The first kappa shape index (κ1) is 9.93. The van der Waals surface area contributed by atoms with Gasteiger partial charge in [-0.3, -0.25) is 0 Å². The third kappa shape index (κ3) is 3.50. The van der Waals surface area contributed by atoms with E-state index in [1.54, 1.807) is 0 Å². The van der Waals surface area contributed by atoms with E-state index in [9.17, 15) is 0 Å². The van der Waals surface area contributed by atoms with E-state index in [-0.39, 0.29) is 0 Å². The summed E-state index contributed by atoms with van der Waals surface area (Å²) in [6, 6.07) is 7.84. The van der Waals surface area contributed by atoms with Crippen molar-refractivity contribution in [3.63, 3.8) is 0 Å². The van der Waals surface area contributed by atoms with E-state index in [0.717, 1.165) is 29.0 Å². The summed E-state index contributed by atoms with van der Waals surface area (Å²) in [6.45, 7) is 0.736.